The number of rotatable bonds is 5. The molecule has 5 atom stereocenters. The second-order valence-corrected chi connectivity index (χ2v) is 8.47. The fourth-order valence-corrected chi connectivity index (χ4v) is 6.02. The molecule has 4 rings (SSSR count). The first kappa shape index (κ1) is 14.5. The van der Waals surface area contributed by atoms with Crippen LogP contribution in [0, 0.1) is 23.7 Å². The van der Waals surface area contributed by atoms with E-state index in [1.165, 1.54) is 51.4 Å². The minimum Gasteiger partial charge on any atom is -0.375 e. The Hall–Kier alpha value is -0.0800. The SMILES string of the molecule is CCNC(CC1CC2CCC1C2)C1CCOC2(CCC2)C1. The van der Waals surface area contributed by atoms with Crippen LogP contribution in [0.25, 0.3) is 0 Å². The minimum absolute atomic E-state index is 0.311. The van der Waals surface area contributed by atoms with Crippen LogP contribution in [0.4, 0.5) is 0 Å². The van der Waals surface area contributed by atoms with Crippen LogP contribution >= 0.6 is 0 Å². The molecule has 21 heavy (non-hydrogen) atoms. The molecule has 2 nitrogen and oxygen atoms in total. The molecule has 1 saturated heterocycles. The number of ether oxygens (including phenoxy) is 1. The molecule has 2 heteroatoms. The lowest BCUT2D eigenvalue weighted by Gasteiger charge is -2.49. The molecule has 1 spiro atoms. The highest BCUT2D eigenvalue weighted by molar-refractivity contribution is 4.98. The lowest BCUT2D eigenvalue weighted by atomic mass is 9.69. The standard InChI is InChI=1S/C19H33NO/c1-2-20-18(12-17-11-14-4-5-15(17)10-14)16-6-9-21-19(13-16)7-3-8-19/h14-18,20H,2-13H2,1H3. The van der Waals surface area contributed by atoms with E-state index in [9.17, 15) is 0 Å². The molecular weight excluding hydrogens is 258 g/mol. The molecule has 0 amide bonds. The fraction of sp³-hybridized carbons (Fsp3) is 1.00. The molecule has 5 unspecified atom stereocenters. The maximum absolute atomic E-state index is 6.15. The van der Waals surface area contributed by atoms with Crippen molar-refractivity contribution in [1.29, 1.82) is 0 Å². The highest BCUT2D eigenvalue weighted by Crippen LogP contribution is 2.51. The molecular formula is C19H33NO. The van der Waals surface area contributed by atoms with Crippen molar-refractivity contribution >= 4 is 0 Å². The zero-order valence-electron chi connectivity index (χ0n) is 13.8. The highest BCUT2D eigenvalue weighted by atomic mass is 16.5. The van der Waals surface area contributed by atoms with Gasteiger partial charge < -0.3 is 10.1 Å². The van der Waals surface area contributed by atoms with Crippen LogP contribution < -0.4 is 5.32 Å². The monoisotopic (exact) mass is 291 g/mol. The third kappa shape index (κ3) is 2.79. The molecule has 1 N–H and O–H groups in total. The molecule has 120 valence electrons. The van der Waals surface area contributed by atoms with Gasteiger partial charge in [0.2, 0.25) is 0 Å². The molecule has 0 aromatic heterocycles. The molecule has 0 aromatic carbocycles. The topological polar surface area (TPSA) is 21.3 Å². The Morgan fingerprint density at radius 1 is 1.19 bits per heavy atom. The van der Waals surface area contributed by atoms with Gasteiger partial charge in [-0.05, 0) is 88.0 Å². The summed E-state index contributed by atoms with van der Waals surface area (Å²) in [5.74, 6) is 4.08. The number of fused-ring (bicyclic) bond motifs is 2. The highest BCUT2D eigenvalue weighted by Gasteiger charge is 2.46. The first-order valence-corrected chi connectivity index (χ1v) is 9.65. The van der Waals surface area contributed by atoms with E-state index in [4.69, 9.17) is 4.74 Å². The smallest absolute Gasteiger partial charge is 0.0685 e. The lowest BCUT2D eigenvalue weighted by molar-refractivity contribution is -0.147. The molecule has 1 aliphatic heterocycles. The first-order valence-electron chi connectivity index (χ1n) is 9.65. The Labute approximate surface area is 130 Å². The summed E-state index contributed by atoms with van der Waals surface area (Å²) in [4.78, 5) is 0. The summed E-state index contributed by atoms with van der Waals surface area (Å²) in [5, 5.41) is 3.87. The average Bonchev–Trinajstić information content (AvgIpc) is 3.08. The van der Waals surface area contributed by atoms with Gasteiger partial charge in [0.25, 0.3) is 0 Å². The van der Waals surface area contributed by atoms with Crippen molar-refractivity contribution in [1.82, 2.24) is 5.32 Å². The van der Waals surface area contributed by atoms with Crippen molar-refractivity contribution in [2.45, 2.75) is 82.8 Å². The van der Waals surface area contributed by atoms with Crippen molar-refractivity contribution in [3.05, 3.63) is 0 Å². The zero-order valence-corrected chi connectivity index (χ0v) is 13.8. The Morgan fingerprint density at radius 2 is 2.10 bits per heavy atom. The van der Waals surface area contributed by atoms with E-state index in [1.54, 1.807) is 12.8 Å². The van der Waals surface area contributed by atoms with E-state index < -0.39 is 0 Å². The summed E-state index contributed by atoms with van der Waals surface area (Å²) in [6.45, 7) is 4.44. The predicted octanol–water partition coefficient (Wildman–Crippen LogP) is 4.14. The second-order valence-electron chi connectivity index (χ2n) is 8.47. The van der Waals surface area contributed by atoms with Gasteiger partial charge in [-0.1, -0.05) is 13.3 Å². The van der Waals surface area contributed by atoms with Gasteiger partial charge in [-0.15, -0.1) is 0 Å². The third-order valence-electron chi connectivity index (χ3n) is 7.27. The molecule has 0 aromatic rings. The normalized spacial score (nSPS) is 42.1. The van der Waals surface area contributed by atoms with E-state index in [-0.39, 0.29) is 0 Å². The molecule has 4 fully saturated rings. The summed E-state index contributed by atoms with van der Waals surface area (Å²) in [7, 11) is 0. The Morgan fingerprint density at radius 3 is 2.71 bits per heavy atom. The Bertz CT molecular complexity index is 365. The van der Waals surface area contributed by atoms with E-state index >= 15 is 0 Å². The van der Waals surface area contributed by atoms with Crippen LogP contribution in [0.1, 0.15) is 71.1 Å². The largest absolute Gasteiger partial charge is 0.375 e. The van der Waals surface area contributed by atoms with Gasteiger partial charge in [0.05, 0.1) is 5.60 Å². The van der Waals surface area contributed by atoms with Gasteiger partial charge in [-0.3, -0.25) is 0 Å². The van der Waals surface area contributed by atoms with Crippen molar-refractivity contribution < 1.29 is 4.74 Å². The van der Waals surface area contributed by atoms with Crippen LogP contribution in [-0.4, -0.2) is 24.8 Å². The van der Waals surface area contributed by atoms with Gasteiger partial charge in [0.1, 0.15) is 0 Å². The molecule has 4 aliphatic rings. The average molecular weight is 291 g/mol. The van der Waals surface area contributed by atoms with Crippen LogP contribution in [0.15, 0.2) is 0 Å². The van der Waals surface area contributed by atoms with Crippen LogP contribution in [-0.2, 0) is 4.74 Å². The van der Waals surface area contributed by atoms with E-state index in [1.807, 2.05) is 0 Å². The maximum atomic E-state index is 6.15. The minimum atomic E-state index is 0.311. The molecule has 2 bridgehead atoms. The molecule has 0 radical (unpaired) electrons. The maximum Gasteiger partial charge on any atom is 0.0685 e. The van der Waals surface area contributed by atoms with Crippen LogP contribution in [0.3, 0.4) is 0 Å². The first-order chi connectivity index (χ1) is 10.3. The Balaban J connectivity index is 1.39. The fourth-order valence-electron chi connectivity index (χ4n) is 6.02. The summed E-state index contributed by atoms with van der Waals surface area (Å²) in [6, 6.07) is 0.765. The molecule has 3 aliphatic carbocycles. The predicted molar refractivity (Wildman–Crippen MR) is 86.3 cm³/mol. The van der Waals surface area contributed by atoms with Crippen molar-refractivity contribution in [3.8, 4) is 0 Å². The van der Waals surface area contributed by atoms with E-state index in [0.717, 1.165) is 42.9 Å². The lowest BCUT2D eigenvalue weighted by Crippen LogP contribution is -2.50. The van der Waals surface area contributed by atoms with Gasteiger partial charge in [0.15, 0.2) is 0 Å². The zero-order chi connectivity index (χ0) is 14.3. The van der Waals surface area contributed by atoms with Gasteiger partial charge in [0, 0.05) is 12.6 Å². The second kappa shape index (κ2) is 5.85. The number of hydrogen-bond donors (Lipinski definition) is 1. The number of nitrogens with one attached hydrogen (secondary N) is 1. The van der Waals surface area contributed by atoms with Crippen molar-refractivity contribution in [2.24, 2.45) is 23.7 Å². The quantitative estimate of drug-likeness (QED) is 0.822. The van der Waals surface area contributed by atoms with E-state index in [0.29, 0.717) is 5.60 Å². The molecule has 1 heterocycles. The number of hydrogen-bond acceptors (Lipinski definition) is 2. The summed E-state index contributed by atoms with van der Waals surface area (Å²) >= 11 is 0. The summed E-state index contributed by atoms with van der Waals surface area (Å²) < 4.78 is 6.15. The van der Waals surface area contributed by atoms with Gasteiger partial charge in [-0.2, -0.15) is 0 Å². The summed E-state index contributed by atoms with van der Waals surface area (Å²) in [6.07, 6.45) is 14.3. The van der Waals surface area contributed by atoms with E-state index in [2.05, 4.69) is 12.2 Å². The van der Waals surface area contributed by atoms with Gasteiger partial charge in [-0.25, -0.2) is 0 Å². The summed E-state index contributed by atoms with van der Waals surface area (Å²) in [5.41, 5.74) is 0.311. The Kier molecular flexibility index (Phi) is 4.04. The van der Waals surface area contributed by atoms with Crippen LogP contribution in [0.5, 0.6) is 0 Å². The third-order valence-corrected chi connectivity index (χ3v) is 7.27. The van der Waals surface area contributed by atoms with Crippen LogP contribution in [0.2, 0.25) is 0 Å². The van der Waals surface area contributed by atoms with Gasteiger partial charge >= 0.3 is 0 Å². The van der Waals surface area contributed by atoms with Crippen molar-refractivity contribution in [3.63, 3.8) is 0 Å². The van der Waals surface area contributed by atoms with Crippen molar-refractivity contribution in [2.75, 3.05) is 13.2 Å². The molecule has 3 saturated carbocycles.